The van der Waals surface area contributed by atoms with E-state index < -0.39 is 5.97 Å². The van der Waals surface area contributed by atoms with Gasteiger partial charge in [-0.2, -0.15) is 0 Å². The molecule has 0 rings (SSSR count). The number of carboxylic acid groups (broad SMARTS) is 2. The van der Waals surface area contributed by atoms with E-state index in [2.05, 4.69) is 0 Å². The summed E-state index contributed by atoms with van der Waals surface area (Å²) in [6, 6.07) is 0. The molecule has 0 radical (unpaired) electrons. The van der Waals surface area contributed by atoms with Crippen LogP contribution in [0.5, 0.6) is 0 Å². The third kappa shape index (κ3) is 466. The molecule has 0 spiro atoms. The molecule has 0 aliphatic rings. The van der Waals surface area contributed by atoms with Crippen molar-refractivity contribution < 1.29 is 25.5 Å². The van der Waals surface area contributed by atoms with E-state index >= 15 is 0 Å². The molecule has 6 heteroatoms. The molecule has 0 bridgehead atoms. The van der Waals surface area contributed by atoms with Gasteiger partial charge in [0.25, 0.3) is 12.4 Å². The largest absolute Gasteiger partial charge is 2.00 e. The smallest absolute Gasteiger partial charge is 1.00 e. The maximum Gasteiger partial charge on any atom is 2.00 e. The Hall–Kier alpha value is 0.966. The zero-order valence-corrected chi connectivity index (χ0v) is 8.83. The van der Waals surface area contributed by atoms with Crippen LogP contribution in [-0.4, -0.2) is 83.4 Å². The van der Waals surface area contributed by atoms with E-state index in [4.69, 9.17) is 19.8 Å². The third-order valence-electron chi connectivity index (χ3n) is 0. The molecule has 2 N–H and O–H groups in total. The summed E-state index contributed by atoms with van der Waals surface area (Å²) in [5.74, 6) is -0.833. The molecule has 0 saturated carbocycles. The molecule has 0 amide bonds. The van der Waals surface area contributed by atoms with E-state index in [9.17, 15) is 0 Å². The zero-order valence-electron chi connectivity index (χ0n) is 9.20. The molecule has 9 heavy (non-hydrogen) atoms. The Morgan fingerprint density at radius 1 is 1.67 bits per heavy atom. The fourth-order valence-electron chi connectivity index (χ4n) is 0. The van der Waals surface area contributed by atoms with Gasteiger partial charge in [0.15, 0.2) is 0 Å². The topological polar surface area (TPSA) is 74.6 Å². The minimum Gasteiger partial charge on any atom is -1.00 e. The minimum absolute atomic E-state index is 0. The van der Waals surface area contributed by atoms with Gasteiger partial charge in [-0.05, 0) is 0 Å². The maximum absolute atomic E-state index is 9.00. The number of aliphatic carboxylic acids is 1. The van der Waals surface area contributed by atoms with E-state index in [1.807, 2.05) is 0 Å². The monoisotopic (exact) mass is 174 g/mol. The van der Waals surface area contributed by atoms with Crippen molar-refractivity contribution >= 4 is 73.2 Å². The molecule has 4 nitrogen and oxygen atoms in total. The second-order valence-electron chi connectivity index (χ2n) is 0.624. The SMILES string of the molecule is CC(=O)O.O=CO.[Ca+2].[H-].[H-].[H-].[H-].[Mg+2]. The van der Waals surface area contributed by atoms with Crippen LogP contribution in [0.2, 0.25) is 0 Å². The second-order valence-corrected chi connectivity index (χ2v) is 0.624. The number of carbonyl (C=O) groups is 2. The Bertz CT molecular complexity index is 74.4. The molecule has 0 aromatic heterocycles. The number of carboxylic acids is 1. The average molecular weight is 174 g/mol. The van der Waals surface area contributed by atoms with Gasteiger partial charge in [0, 0.05) is 6.92 Å². The predicted molar refractivity (Wildman–Crippen MR) is 38.0 cm³/mol. The van der Waals surface area contributed by atoms with Crippen LogP contribution in [0.3, 0.4) is 0 Å². The summed E-state index contributed by atoms with van der Waals surface area (Å²) >= 11 is 0. The van der Waals surface area contributed by atoms with E-state index in [1.165, 1.54) is 0 Å². The van der Waals surface area contributed by atoms with Gasteiger partial charge in [0.05, 0.1) is 0 Å². The third-order valence-corrected chi connectivity index (χ3v) is 0. The van der Waals surface area contributed by atoms with Crippen molar-refractivity contribution in [3.8, 4) is 0 Å². The van der Waals surface area contributed by atoms with Gasteiger partial charge in [-0.3, -0.25) is 9.59 Å². The van der Waals surface area contributed by atoms with Gasteiger partial charge in [-0.15, -0.1) is 0 Å². The first-order valence-corrected chi connectivity index (χ1v) is 1.42. The second kappa shape index (κ2) is 23.1. The summed E-state index contributed by atoms with van der Waals surface area (Å²) in [6.07, 6.45) is 0. The first-order chi connectivity index (χ1) is 3.15. The van der Waals surface area contributed by atoms with Gasteiger partial charge in [0.2, 0.25) is 0 Å². The van der Waals surface area contributed by atoms with Crippen molar-refractivity contribution in [1.29, 1.82) is 0 Å². The number of rotatable bonds is 0. The standard InChI is InChI=1S/C2H4O2.CH2O2.Ca.Mg.4H/c1-2(3)4;2-1-3;;;;;;/h1H3,(H,3,4);1H,(H,2,3);;;;;;/q;;2*+2;4*-1. The predicted octanol–water partition coefficient (Wildman–Crippen LogP) is -0.520. The fourth-order valence-corrected chi connectivity index (χ4v) is 0. The van der Waals surface area contributed by atoms with Crippen LogP contribution in [0.15, 0.2) is 0 Å². The molecule has 0 unspecified atom stereocenters. The van der Waals surface area contributed by atoms with Crippen LogP contribution in [0.1, 0.15) is 12.6 Å². The molecule has 0 aromatic carbocycles. The van der Waals surface area contributed by atoms with E-state index in [0.29, 0.717) is 0 Å². The molecular formula is C3H10CaMgO4. The summed E-state index contributed by atoms with van der Waals surface area (Å²) in [6.45, 7) is 0.833. The molecule has 0 aromatic rings. The summed E-state index contributed by atoms with van der Waals surface area (Å²) in [7, 11) is 0. The van der Waals surface area contributed by atoms with E-state index in [-0.39, 0.29) is 73.0 Å². The van der Waals surface area contributed by atoms with Crippen LogP contribution < -0.4 is 0 Å². The molecule has 0 aliphatic heterocycles. The first kappa shape index (κ1) is 22.5. The number of hydrogen-bond donors (Lipinski definition) is 2. The average Bonchev–Trinajstić information content (AvgIpc) is 1.33. The quantitative estimate of drug-likeness (QED) is 0.383. The maximum atomic E-state index is 9.00. The molecule has 0 heterocycles. The Labute approximate surface area is 105 Å². The van der Waals surface area contributed by atoms with E-state index in [1.54, 1.807) is 0 Å². The molecule has 0 aliphatic carbocycles. The Morgan fingerprint density at radius 3 is 1.67 bits per heavy atom. The van der Waals surface area contributed by atoms with Crippen molar-refractivity contribution in [3.05, 3.63) is 0 Å². The molecule has 0 atom stereocenters. The van der Waals surface area contributed by atoms with Crippen molar-refractivity contribution in [2.45, 2.75) is 6.92 Å². The molecular weight excluding hydrogens is 164 g/mol. The van der Waals surface area contributed by atoms with Gasteiger partial charge in [-0.25, -0.2) is 0 Å². The summed E-state index contributed by atoms with van der Waals surface area (Å²) in [5, 5.41) is 14.3. The van der Waals surface area contributed by atoms with Crippen LogP contribution in [-0.2, 0) is 9.59 Å². The fraction of sp³-hybridized carbons (Fsp3) is 0.333. The summed E-state index contributed by atoms with van der Waals surface area (Å²) in [4.78, 5) is 17.4. The van der Waals surface area contributed by atoms with Crippen LogP contribution in [0, 0.1) is 0 Å². The van der Waals surface area contributed by atoms with E-state index in [0.717, 1.165) is 6.92 Å². The molecule has 0 fully saturated rings. The minimum atomic E-state index is -0.833. The summed E-state index contributed by atoms with van der Waals surface area (Å²) in [5.41, 5.74) is 0. The Morgan fingerprint density at radius 2 is 1.67 bits per heavy atom. The molecule has 50 valence electrons. The van der Waals surface area contributed by atoms with Crippen molar-refractivity contribution in [2.75, 3.05) is 0 Å². The van der Waals surface area contributed by atoms with Crippen molar-refractivity contribution in [1.82, 2.24) is 0 Å². The number of hydrogen-bond acceptors (Lipinski definition) is 2. The van der Waals surface area contributed by atoms with Gasteiger partial charge >= 0.3 is 60.8 Å². The van der Waals surface area contributed by atoms with Gasteiger partial charge in [0.1, 0.15) is 0 Å². The van der Waals surface area contributed by atoms with Crippen LogP contribution in [0.4, 0.5) is 0 Å². The normalized spacial score (nSPS) is 4.11. The van der Waals surface area contributed by atoms with Crippen molar-refractivity contribution in [2.24, 2.45) is 0 Å². The Balaban J connectivity index is -0.00000000444. The van der Waals surface area contributed by atoms with Gasteiger partial charge < -0.3 is 15.9 Å². The van der Waals surface area contributed by atoms with Crippen molar-refractivity contribution in [3.63, 3.8) is 0 Å². The summed E-state index contributed by atoms with van der Waals surface area (Å²) < 4.78 is 0. The first-order valence-electron chi connectivity index (χ1n) is 1.42. The van der Waals surface area contributed by atoms with Gasteiger partial charge in [-0.1, -0.05) is 0 Å². The van der Waals surface area contributed by atoms with Crippen LogP contribution >= 0.6 is 0 Å². The Kier molecular flexibility index (Phi) is 57.7. The molecule has 0 saturated heterocycles. The van der Waals surface area contributed by atoms with Crippen LogP contribution in [0.25, 0.3) is 0 Å². The zero-order chi connectivity index (χ0) is 6.28.